The van der Waals surface area contributed by atoms with Crippen LogP contribution in [0.1, 0.15) is 5.69 Å². The Bertz CT molecular complexity index is 552. The SMILES string of the molecule is FC(F)(F)c1ccn(-c2nc(Cl)ncc2Cl)n1. The molecule has 2 aromatic heterocycles. The lowest BCUT2D eigenvalue weighted by molar-refractivity contribution is -0.141. The van der Waals surface area contributed by atoms with E-state index in [0.717, 1.165) is 16.9 Å². The first kappa shape index (κ1) is 12.1. The minimum absolute atomic E-state index is 0.0119. The highest BCUT2D eigenvalue weighted by Crippen LogP contribution is 2.28. The third-order valence-electron chi connectivity index (χ3n) is 1.79. The second kappa shape index (κ2) is 4.15. The highest BCUT2D eigenvalue weighted by atomic mass is 35.5. The monoisotopic (exact) mass is 282 g/mol. The molecule has 4 nitrogen and oxygen atoms in total. The maximum Gasteiger partial charge on any atom is 0.435 e. The first-order valence-electron chi connectivity index (χ1n) is 4.19. The predicted molar refractivity (Wildman–Crippen MR) is 54.2 cm³/mol. The summed E-state index contributed by atoms with van der Waals surface area (Å²) in [4.78, 5) is 7.27. The van der Waals surface area contributed by atoms with E-state index in [4.69, 9.17) is 23.2 Å². The van der Waals surface area contributed by atoms with Gasteiger partial charge in [0.25, 0.3) is 0 Å². The largest absolute Gasteiger partial charge is 0.435 e. The Labute approximate surface area is 103 Å². The molecule has 0 aliphatic carbocycles. The molecule has 9 heteroatoms. The zero-order valence-corrected chi connectivity index (χ0v) is 9.42. The molecule has 0 aromatic carbocycles. The molecule has 17 heavy (non-hydrogen) atoms. The summed E-state index contributed by atoms with van der Waals surface area (Å²) >= 11 is 11.2. The van der Waals surface area contributed by atoms with E-state index in [2.05, 4.69) is 15.1 Å². The standard InChI is InChI=1S/C8H3Cl2F3N4/c9-4-3-14-7(10)15-6(4)17-2-1-5(16-17)8(11,12)13/h1-3H. The quantitative estimate of drug-likeness (QED) is 0.756. The van der Waals surface area contributed by atoms with E-state index >= 15 is 0 Å². The Morgan fingerprint density at radius 1 is 1.24 bits per heavy atom. The van der Waals surface area contributed by atoms with Crippen molar-refractivity contribution in [2.24, 2.45) is 0 Å². The molecular weight excluding hydrogens is 280 g/mol. The second-order valence-corrected chi connectivity index (χ2v) is 3.70. The molecule has 0 fully saturated rings. The molecular formula is C8H3Cl2F3N4. The van der Waals surface area contributed by atoms with Crippen LogP contribution in [0.4, 0.5) is 13.2 Å². The van der Waals surface area contributed by atoms with Gasteiger partial charge < -0.3 is 0 Å². The highest BCUT2D eigenvalue weighted by Gasteiger charge is 2.33. The van der Waals surface area contributed by atoms with Crippen molar-refractivity contribution in [3.63, 3.8) is 0 Å². The number of halogens is 5. The normalized spacial score (nSPS) is 11.8. The van der Waals surface area contributed by atoms with E-state index < -0.39 is 11.9 Å². The fourth-order valence-corrected chi connectivity index (χ4v) is 1.40. The van der Waals surface area contributed by atoms with Crippen molar-refractivity contribution in [2.75, 3.05) is 0 Å². The number of rotatable bonds is 1. The predicted octanol–water partition coefficient (Wildman–Crippen LogP) is 2.99. The van der Waals surface area contributed by atoms with Crippen molar-refractivity contribution in [1.29, 1.82) is 0 Å². The van der Waals surface area contributed by atoms with Crippen LogP contribution in [0.3, 0.4) is 0 Å². The van der Waals surface area contributed by atoms with E-state index in [1.54, 1.807) is 0 Å². The summed E-state index contributed by atoms with van der Waals surface area (Å²) in [5.74, 6) is -0.0119. The summed E-state index contributed by atoms with van der Waals surface area (Å²) < 4.78 is 37.9. The lowest BCUT2D eigenvalue weighted by Gasteiger charge is -2.03. The summed E-state index contributed by atoms with van der Waals surface area (Å²) in [6.45, 7) is 0. The molecule has 0 atom stereocenters. The maximum atomic E-state index is 12.3. The Morgan fingerprint density at radius 2 is 1.94 bits per heavy atom. The summed E-state index contributed by atoms with van der Waals surface area (Å²) in [5.41, 5.74) is -1.04. The van der Waals surface area contributed by atoms with Crippen molar-refractivity contribution in [1.82, 2.24) is 19.7 Å². The molecule has 0 saturated heterocycles. The minimum atomic E-state index is -4.52. The van der Waals surface area contributed by atoms with E-state index in [9.17, 15) is 13.2 Å². The molecule has 0 amide bonds. The van der Waals surface area contributed by atoms with E-state index in [-0.39, 0.29) is 16.1 Å². The van der Waals surface area contributed by atoms with Crippen LogP contribution < -0.4 is 0 Å². The molecule has 90 valence electrons. The fraction of sp³-hybridized carbons (Fsp3) is 0.125. The minimum Gasteiger partial charge on any atom is -0.225 e. The first-order valence-corrected chi connectivity index (χ1v) is 4.95. The van der Waals surface area contributed by atoms with E-state index in [0.29, 0.717) is 0 Å². The van der Waals surface area contributed by atoms with Crippen LogP contribution in [0.5, 0.6) is 0 Å². The van der Waals surface area contributed by atoms with Gasteiger partial charge in [0.05, 0.1) is 6.20 Å². The van der Waals surface area contributed by atoms with Crippen LogP contribution in [-0.4, -0.2) is 19.7 Å². The van der Waals surface area contributed by atoms with Crippen molar-refractivity contribution in [3.05, 3.63) is 34.5 Å². The third kappa shape index (κ3) is 2.50. The van der Waals surface area contributed by atoms with Gasteiger partial charge >= 0.3 is 6.18 Å². The first-order chi connectivity index (χ1) is 7.88. The van der Waals surface area contributed by atoms with Crippen LogP contribution in [0.2, 0.25) is 10.3 Å². The summed E-state index contributed by atoms with van der Waals surface area (Å²) in [5, 5.41) is 3.23. The van der Waals surface area contributed by atoms with Crippen molar-refractivity contribution in [3.8, 4) is 5.82 Å². The van der Waals surface area contributed by atoms with Gasteiger partial charge in [-0.2, -0.15) is 23.3 Å². The van der Waals surface area contributed by atoms with Gasteiger partial charge in [-0.05, 0) is 17.7 Å². The van der Waals surface area contributed by atoms with Gasteiger partial charge in [-0.25, -0.2) is 9.67 Å². The molecule has 0 bridgehead atoms. The van der Waals surface area contributed by atoms with Crippen LogP contribution in [0, 0.1) is 0 Å². The van der Waals surface area contributed by atoms with Gasteiger partial charge in [0.15, 0.2) is 11.5 Å². The molecule has 0 saturated carbocycles. The molecule has 0 unspecified atom stereocenters. The third-order valence-corrected chi connectivity index (χ3v) is 2.24. The zero-order chi connectivity index (χ0) is 12.6. The molecule has 0 aliphatic rings. The topological polar surface area (TPSA) is 43.6 Å². The zero-order valence-electron chi connectivity index (χ0n) is 7.91. The molecule has 2 aromatic rings. The van der Waals surface area contributed by atoms with Crippen molar-refractivity contribution >= 4 is 23.2 Å². The van der Waals surface area contributed by atoms with Crippen LogP contribution >= 0.6 is 23.2 Å². The average Bonchev–Trinajstić information content (AvgIpc) is 2.70. The Balaban J connectivity index is 2.47. The van der Waals surface area contributed by atoms with Crippen LogP contribution in [0.25, 0.3) is 5.82 Å². The number of alkyl halides is 3. The van der Waals surface area contributed by atoms with Gasteiger partial charge in [0.1, 0.15) is 5.02 Å². The molecule has 0 N–H and O–H groups in total. The summed E-state index contributed by atoms with van der Waals surface area (Å²) in [6, 6.07) is 0.812. The smallest absolute Gasteiger partial charge is 0.225 e. The van der Waals surface area contributed by atoms with Gasteiger partial charge in [0.2, 0.25) is 5.28 Å². The molecule has 0 spiro atoms. The lowest BCUT2D eigenvalue weighted by atomic mass is 10.4. The lowest BCUT2D eigenvalue weighted by Crippen LogP contribution is -2.08. The second-order valence-electron chi connectivity index (χ2n) is 2.95. The Morgan fingerprint density at radius 3 is 2.53 bits per heavy atom. The van der Waals surface area contributed by atoms with Gasteiger partial charge in [-0.3, -0.25) is 0 Å². The Hall–Kier alpha value is -1.34. The number of aromatic nitrogens is 4. The number of nitrogens with zero attached hydrogens (tertiary/aromatic N) is 4. The number of hydrogen-bond donors (Lipinski definition) is 0. The van der Waals surface area contributed by atoms with Gasteiger partial charge in [-0.15, -0.1) is 0 Å². The maximum absolute atomic E-state index is 12.3. The summed E-state index contributed by atoms with van der Waals surface area (Å²) in [6.07, 6.45) is -2.25. The average molecular weight is 283 g/mol. The number of hydrogen-bond acceptors (Lipinski definition) is 3. The van der Waals surface area contributed by atoms with E-state index in [1.165, 1.54) is 6.20 Å². The highest BCUT2D eigenvalue weighted by molar-refractivity contribution is 6.32. The summed E-state index contributed by atoms with van der Waals surface area (Å²) in [7, 11) is 0. The fourth-order valence-electron chi connectivity index (χ4n) is 1.09. The van der Waals surface area contributed by atoms with Crippen molar-refractivity contribution < 1.29 is 13.2 Å². The van der Waals surface area contributed by atoms with Crippen LogP contribution in [-0.2, 0) is 6.18 Å². The molecule has 0 aliphatic heterocycles. The van der Waals surface area contributed by atoms with Gasteiger partial charge in [0, 0.05) is 6.20 Å². The van der Waals surface area contributed by atoms with Crippen molar-refractivity contribution in [2.45, 2.75) is 6.18 Å². The molecule has 0 radical (unpaired) electrons. The molecule has 2 rings (SSSR count). The van der Waals surface area contributed by atoms with E-state index in [1.807, 2.05) is 0 Å². The molecule has 2 heterocycles. The Kier molecular flexibility index (Phi) is 2.96. The van der Waals surface area contributed by atoms with Crippen LogP contribution in [0.15, 0.2) is 18.5 Å². The van der Waals surface area contributed by atoms with Gasteiger partial charge in [-0.1, -0.05) is 11.6 Å².